The van der Waals surface area contributed by atoms with E-state index in [1.54, 1.807) is 26.1 Å². The molecular weight excluding hydrogens is 459 g/mol. The molecule has 0 aromatic heterocycles. The van der Waals surface area contributed by atoms with E-state index in [2.05, 4.69) is 28.7 Å². The van der Waals surface area contributed by atoms with Crippen molar-refractivity contribution in [2.24, 2.45) is 0 Å². The van der Waals surface area contributed by atoms with E-state index >= 15 is 0 Å². The maximum atomic E-state index is 12.8. The van der Waals surface area contributed by atoms with Crippen molar-refractivity contribution in [3.05, 3.63) is 57.2 Å². The predicted octanol–water partition coefficient (Wildman–Crippen LogP) is 3.31. The van der Waals surface area contributed by atoms with Gasteiger partial charge in [-0.25, -0.2) is 0 Å². The van der Waals surface area contributed by atoms with E-state index in [0.29, 0.717) is 23.4 Å². The van der Waals surface area contributed by atoms with Crippen LogP contribution in [0.2, 0.25) is 0 Å². The summed E-state index contributed by atoms with van der Waals surface area (Å²) in [7, 11) is 1.65. The monoisotopic (exact) mass is 481 g/mol. The van der Waals surface area contributed by atoms with E-state index in [-0.39, 0.29) is 5.91 Å². The lowest BCUT2D eigenvalue weighted by molar-refractivity contribution is -0.132. The summed E-state index contributed by atoms with van der Waals surface area (Å²) in [4.78, 5) is 15.3. The van der Waals surface area contributed by atoms with Crippen molar-refractivity contribution in [2.45, 2.75) is 30.8 Å². The first-order chi connectivity index (χ1) is 12.3. The fourth-order valence-corrected chi connectivity index (χ4v) is 3.87. The van der Waals surface area contributed by atoms with Gasteiger partial charge in [-0.05, 0) is 84.0 Å². The van der Waals surface area contributed by atoms with Crippen LogP contribution in [-0.2, 0) is 23.0 Å². The van der Waals surface area contributed by atoms with E-state index in [0.717, 1.165) is 25.8 Å². The summed E-state index contributed by atoms with van der Waals surface area (Å²) in [6, 6.07) is 15.5. The van der Waals surface area contributed by atoms with Crippen molar-refractivity contribution in [2.75, 3.05) is 17.7 Å². The Hall–Kier alpha value is -1.56. The number of carbonyl (C=O) groups excluding carboxylic acids is 1. The molecule has 26 heavy (non-hydrogen) atoms. The third kappa shape index (κ3) is 5.00. The highest BCUT2D eigenvalue weighted by Crippen LogP contribution is 2.22. The van der Waals surface area contributed by atoms with Gasteiger partial charge < -0.3 is 10.0 Å². The van der Waals surface area contributed by atoms with Gasteiger partial charge in [-0.2, -0.15) is 5.26 Å². The molecule has 0 aliphatic rings. The SMILES string of the molecule is CCc1cc(N(C)C(=O)C(C)(O)C[SH+]c2ccc(I)cc2)ccc1C#N. The zero-order valence-electron chi connectivity index (χ0n) is 15.0. The molecule has 2 aromatic rings. The molecule has 0 fully saturated rings. The molecule has 0 spiro atoms. The van der Waals surface area contributed by atoms with E-state index in [9.17, 15) is 9.90 Å². The van der Waals surface area contributed by atoms with Crippen molar-refractivity contribution in [3.63, 3.8) is 0 Å². The molecule has 1 atom stereocenters. The number of halogens is 1. The van der Waals surface area contributed by atoms with Crippen LogP contribution in [0.1, 0.15) is 25.0 Å². The van der Waals surface area contributed by atoms with E-state index < -0.39 is 5.60 Å². The van der Waals surface area contributed by atoms with E-state index in [1.165, 1.54) is 4.90 Å². The third-order valence-electron chi connectivity index (χ3n) is 4.14. The highest BCUT2D eigenvalue weighted by atomic mass is 127. The lowest BCUT2D eigenvalue weighted by atomic mass is 10.0. The second kappa shape index (κ2) is 8.89. The number of aliphatic hydroxyl groups is 1. The van der Waals surface area contributed by atoms with Gasteiger partial charge in [-0.1, -0.05) is 6.92 Å². The van der Waals surface area contributed by atoms with Crippen molar-refractivity contribution in [3.8, 4) is 6.07 Å². The number of likely N-dealkylation sites (N-methyl/N-ethyl adjacent to an activating group) is 1. The Balaban J connectivity index is 2.12. The minimum absolute atomic E-state index is 0.313. The van der Waals surface area contributed by atoms with Crippen molar-refractivity contribution < 1.29 is 9.90 Å². The van der Waals surface area contributed by atoms with Gasteiger partial charge in [0.2, 0.25) is 0 Å². The topological polar surface area (TPSA) is 64.3 Å². The summed E-state index contributed by atoms with van der Waals surface area (Å²) in [5.74, 6) is -0.0458. The smallest absolute Gasteiger partial charge is 0.263 e. The average Bonchev–Trinajstić information content (AvgIpc) is 2.65. The van der Waals surface area contributed by atoms with Crippen molar-refractivity contribution in [1.82, 2.24) is 0 Å². The Bertz CT molecular complexity index is 829. The first-order valence-electron chi connectivity index (χ1n) is 8.25. The Morgan fingerprint density at radius 1 is 1.31 bits per heavy atom. The van der Waals surface area contributed by atoms with Crippen LogP contribution in [-0.4, -0.2) is 29.4 Å². The first-order valence-corrected chi connectivity index (χ1v) is 10.4. The molecule has 0 saturated heterocycles. The molecule has 0 aliphatic heterocycles. The van der Waals surface area contributed by atoms with Gasteiger partial charge in [0.25, 0.3) is 5.91 Å². The fourth-order valence-electron chi connectivity index (χ4n) is 2.53. The van der Waals surface area contributed by atoms with Gasteiger partial charge in [0.05, 0.1) is 11.6 Å². The molecule has 0 bridgehead atoms. The number of benzene rings is 2. The van der Waals surface area contributed by atoms with Gasteiger partial charge in [0, 0.05) is 28.1 Å². The summed E-state index contributed by atoms with van der Waals surface area (Å²) in [6.07, 6.45) is 0.709. The molecule has 136 valence electrons. The van der Waals surface area contributed by atoms with Gasteiger partial charge in [0.15, 0.2) is 10.5 Å². The summed E-state index contributed by atoms with van der Waals surface area (Å²) in [6.45, 7) is 3.52. The highest BCUT2D eigenvalue weighted by Gasteiger charge is 2.37. The number of hydrogen-bond acceptors (Lipinski definition) is 3. The summed E-state index contributed by atoms with van der Waals surface area (Å²) >= 11 is 3.14. The highest BCUT2D eigenvalue weighted by molar-refractivity contribution is 14.1. The molecule has 0 heterocycles. The maximum absolute atomic E-state index is 12.8. The van der Waals surface area contributed by atoms with Crippen LogP contribution in [0.5, 0.6) is 0 Å². The van der Waals surface area contributed by atoms with Crippen LogP contribution in [0.15, 0.2) is 47.4 Å². The summed E-state index contributed by atoms with van der Waals surface area (Å²) in [5, 5.41) is 19.8. The zero-order chi connectivity index (χ0) is 19.3. The van der Waals surface area contributed by atoms with Crippen LogP contribution >= 0.6 is 22.6 Å². The molecule has 0 radical (unpaired) electrons. The molecule has 2 aromatic carbocycles. The Kier molecular flexibility index (Phi) is 7.09. The second-order valence-electron chi connectivity index (χ2n) is 6.24. The number of hydrogen-bond donors (Lipinski definition) is 1. The number of aryl methyl sites for hydroxylation is 1. The Morgan fingerprint density at radius 3 is 2.54 bits per heavy atom. The summed E-state index contributed by atoms with van der Waals surface area (Å²) < 4.78 is 1.15. The molecule has 6 heteroatoms. The number of thiol groups is 1. The fraction of sp³-hybridized carbons (Fsp3) is 0.300. The largest absolute Gasteiger partial charge is 0.376 e. The van der Waals surface area contributed by atoms with E-state index in [4.69, 9.17) is 5.26 Å². The number of nitriles is 1. The quantitative estimate of drug-likeness (QED) is 0.391. The Labute approximate surface area is 172 Å². The lowest BCUT2D eigenvalue weighted by Crippen LogP contribution is -2.48. The minimum atomic E-state index is -1.47. The molecule has 1 unspecified atom stereocenters. The van der Waals surface area contributed by atoms with Crippen LogP contribution in [0, 0.1) is 14.9 Å². The predicted molar refractivity (Wildman–Crippen MR) is 116 cm³/mol. The molecule has 1 amide bonds. The van der Waals surface area contributed by atoms with Crippen LogP contribution in [0.4, 0.5) is 5.69 Å². The molecule has 4 nitrogen and oxygen atoms in total. The van der Waals surface area contributed by atoms with Crippen LogP contribution in [0.25, 0.3) is 0 Å². The minimum Gasteiger partial charge on any atom is -0.376 e. The lowest BCUT2D eigenvalue weighted by Gasteiger charge is -2.26. The number of amides is 1. The molecule has 0 saturated carbocycles. The normalized spacial score (nSPS) is 12.9. The number of anilines is 1. The summed E-state index contributed by atoms with van der Waals surface area (Å²) in [5.41, 5.74) is 0.707. The molecule has 0 aliphatic carbocycles. The van der Waals surface area contributed by atoms with Crippen LogP contribution in [0.3, 0.4) is 0 Å². The van der Waals surface area contributed by atoms with Crippen molar-refractivity contribution >= 4 is 45.9 Å². The molecular formula is C20H22IN2O2S+. The third-order valence-corrected chi connectivity index (χ3v) is 6.30. The Morgan fingerprint density at radius 2 is 1.96 bits per heavy atom. The van der Waals surface area contributed by atoms with Crippen molar-refractivity contribution in [1.29, 1.82) is 5.26 Å². The van der Waals surface area contributed by atoms with E-state index in [1.807, 2.05) is 37.3 Å². The first kappa shape index (κ1) is 20.7. The number of carbonyl (C=O) groups is 1. The van der Waals surface area contributed by atoms with Crippen LogP contribution < -0.4 is 4.90 Å². The average molecular weight is 481 g/mol. The number of rotatable bonds is 6. The van der Waals surface area contributed by atoms with Gasteiger partial charge in [-0.15, -0.1) is 0 Å². The molecule has 1 N–H and O–H groups in total. The zero-order valence-corrected chi connectivity index (χ0v) is 18.1. The standard InChI is InChI=1S/C20H21IN2O2S/c1-4-14-11-17(8-5-15(14)12-22)23(3)19(24)20(2,25)13-26-18-9-6-16(21)7-10-18/h5-11,25H,4,13H2,1-3H3/p+1. The number of nitrogens with zero attached hydrogens (tertiary/aromatic N) is 2. The van der Waals surface area contributed by atoms with Gasteiger partial charge in [-0.3, -0.25) is 4.79 Å². The second-order valence-corrected chi connectivity index (χ2v) is 8.63. The van der Waals surface area contributed by atoms with Gasteiger partial charge in [0.1, 0.15) is 5.75 Å². The van der Waals surface area contributed by atoms with Gasteiger partial charge >= 0.3 is 0 Å². The maximum Gasteiger partial charge on any atom is 0.263 e. The molecule has 2 rings (SSSR count).